The summed E-state index contributed by atoms with van der Waals surface area (Å²) in [5.41, 5.74) is 17.7. The van der Waals surface area contributed by atoms with Crippen LogP contribution >= 0.6 is 0 Å². The maximum Gasteiger partial charge on any atom is 0.143 e. The van der Waals surface area contributed by atoms with Gasteiger partial charge in [0.15, 0.2) is 0 Å². The molecular formula is C65H42N2O. The minimum Gasteiger partial charge on any atom is -0.455 e. The highest BCUT2D eigenvalue weighted by Crippen LogP contribution is 2.57. The Hall–Kier alpha value is -8.92. The lowest BCUT2D eigenvalue weighted by Crippen LogP contribution is -2.28. The van der Waals surface area contributed by atoms with E-state index in [1.54, 1.807) is 0 Å². The highest BCUT2D eigenvalue weighted by molar-refractivity contribution is 6.15. The molecular weight excluding hydrogens is 825 g/mol. The van der Waals surface area contributed by atoms with Gasteiger partial charge >= 0.3 is 0 Å². The monoisotopic (exact) mass is 866 g/mol. The lowest BCUT2D eigenvalue weighted by atomic mass is 9.67. The van der Waals surface area contributed by atoms with Gasteiger partial charge in [-0.25, -0.2) is 0 Å². The number of hydrogen-bond acceptors (Lipinski definition) is 2. The van der Waals surface area contributed by atoms with Crippen LogP contribution in [0.15, 0.2) is 259 Å². The third-order valence-electron chi connectivity index (χ3n) is 14.4. The van der Waals surface area contributed by atoms with Crippen LogP contribution in [0, 0.1) is 0 Å². The maximum absolute atomic E-state index is 6.84. The summed E-state index contributed by atoms with van der Waals surface area (Å²) >= 11 is 0. The van der Waals surface area contributed by atoms with Crippen LogP contribution in [-0.2, 0) is 5.41 Å². The van der Waals surface area contributed by atoms with Crippen molar-refractivity contribution in [3.05, 3.63) is 277 Å². The highest BCUT2D eigenvalue weighted by Gasteiger charge is 2.46. The van der Waals surface area contributed by atoms with E-state index in [-0.39, 0.29) is 0 Å². The molecule has 3 heteroatoms. The van der Waals surface area contributed by atoms with Crippen molar-refractivity contribution in [1.82, 2.24) is 4.57 Å². The fourth-order valence-electron chi connectivity index (χ4n) is 11.5. The summed E-state index contributed by atoms with van der Waals surface area (Å²) in [6.45, 7) is 0. The third kappa shape index (κ3) is 5.66. The quantitative estimate of drug-likeness (QED) is 0.159. The van der Waals surface area contributed by atoms with Gasteiger partial charge in [0.2, 0.25) is 0 Å². The first kappa shape index (κ1) is 38.4. The predicted molar refractivity (Wildman–Crippen MR) is 283 cm³/mol. The average Bonchev–Trinajstić information content (AvgIpc) is 4.06. The van der Waals surface area contributed by atoms with Gasteiger partial charge in [0, 0.05) is 55.7 Å². The molecule has 1 aliphatic rings. The Morgan fingerprint density at radius 2 is 0.941 bits per heavy atom. The van der Waals surface area contributed by atoms with Crippen LogP contribution in [0.25, 0.3) is 82.5 Å². The van der Waals surface area contributed by atoms with Gasteiger partial charge in [-0.2, -0.15) is 0 Å². The van der Waals surface area contributed by atoms with Gasteiger partial charge in [-0.1, -0.05) is 182 Å². The number of hydrogen-bond donors (Lipinski definition) is 0. The molecule has 0 amide bonds. The van der Waals surface area contributed by atoms with E-state index in [0.29, 0.717) is 0 Å². The molecule has 0 unspecified atom stereocenters. The summed E-state index contributed by atoms with van der Waals surface area (Å²) in [6.07, 6.45) is 0. The molecule has 0 saturated heterocycles. The Morgan fingerprint density at radius 1 is 0.353 bits per heavy atom. The minimum atomic E-state index is -0.537. The van der Waals surface area contributed by atoms with Gasteiger partial charge in [0.25, 0.3) is 0 Å². The SMILES string of the molecule is c1ccc(C2(c3ccccc3)c3ccccc3-c3ccc(N(c4ccc(-c5cccc(-n6c7ccccc7c7ccccc76)c5)cc4)c4ccc5c(c4)oc4c6ccccc6ccc54)cc32)cc1. The van der Waals surface area contributed by atoms with Crippen molar-refractivity contribution in [3.8, 4) is 27.9 Å². The smallest absolute Gasteiger partial charge is 0.143 e. The van der Waals surface area contributed by atoms with Gasteiger partial charge in [-0.15, -0.1) is 0 Å². The first-order chi connectivity index (χ1) is 33.7. The van der Waals surface area contributed by atoms with Crippen molar-refractivity contribution in [3.63, 3.8) is 0 Å². The third-order valence-corrected chi connectivity index (χ3v) is 14.4. The molecule has 13 aromatic rings. The van der Waals surface area contributed by atoms with Gasteiger partial charge < -0.3 is 13.9 Å². The number of nitrogens with zero attached hydrogens (tertiary/aromatic N) is 2. The van der Waals surface area contributed by atoms with Crippen LogP contribution in [0.2, 0.25) is 0 Å². The van der Waals surface area contributed by atoms with Crippen molar-refractivity contribution >= 4 is 71.6 Å². The summed E-state index contributed by atoms with van der Waals surface area (Å²) in [4.78, 5) is 2.40. The molecule has 2 aromatic heterocycles. The molecule has 3 nitrogen and oxygen atoms in total. The summed E-state index contributed by atoms with van der Waals surface area (Å²) in [7, 11) is 0. The Kier molecular flexibility index (Phi) is 8.50. The maximum atomic E-state index is 6.84. The standard InChI is InChI=1S/C65H42N2O/c1-3-18-46(19-4-1)65(47-20-5-2-6-21-47)59-27-12-9-24-53(59)54-38-35-50(41-60(54)65)66(51-36-39-57-58-37-32-44-16-7-8-23-52(44)64(58)68-63(57)42-51)48-33-30-43(31-34-48)45-17-15-22-49(40-45)67-61-28-13-10-25-55(61)56-26-11-14-29-62(56)67/h1-42H. The summed E-state index contributed by atoms with van der Waals surface area (Å²) < 4.78 is 9.22. The molecule has 1 aliphatic carbocycles. The number of aromatic nitrogens is 1. The van der Waals surface area contributed by atoms with Crippen LogP contribution in [0.5, 0.6) is 0 Å². The van der Waals surface area contributed by atoms with Crippen molar-refractivity contribution in [2.75, 3.05) is 4.90 Å². The molecule has 0 fully saturated rings. The summed E-state index contributed by atoms with van der Waals surface area (Å²) in [5.74, 6) is 0. The molecule has 0 aliphatic heterocycles. The van der Waals surface area contributed by atoms with E-state index < -0.39 is 5.41 Å². The second-order valence-corrected chi connectivity index (χ2v) is 18.0. The Balaban J connectivity index is 0.952. The Labute approximate surface area is 394 Å². The van der Waals surface area contributed by atoms with Gasteiger partial charge in [-0.3, -0.25) is 0 Å². The number of anilines is 3. The minimum absolute atomic E-state index is 0.537. The number of benzene rings is 11. The Morgan fingerprint density at radius 3 is 1.69 bits per heavy atom. The summed E-state index contributed by atoms with van der Waals surface area (Å²) in [5, 5.41) is 7.02. The largest absolute Gasteiger partial charge is 0.455 e. The molecule has 0 N–H and O–H groups in total. The van der Waals surface area contributed by atoms with Crippen LogP contribution in [-0.4, -0.2) is 4.57 Å². The van der Waals surface area contributed by atoms with Crippen molar-refractivity contribution < 1.29 is 4.42 Å². The number of para-hydroxylation sites is 2. The number of fused-ring (bicyclic) bond motifs is 11. The van der Waals surface area contributed by atoms with E-state index in [0.717, 1.165) is 61.2 Å². The van der Waals surface area contributed by atoms with E-state index in [1.165, 1.54) is 60.6 Å². The van der Waals surface area contributed by atoms with Crippen molar-refractivity contribution in [2.24, 2.45) is 0 Å². The van der Waals surface area contributed by atoms with E-state index in [2.05, 4.69) is 264 Å². The molecule has 68 heavy (non-hydrogen) atoms. The normalized spacial score (nSPS) is 12.8. The average molecular weight is 867 g/mol. The highest BCUT2D eigenvalue weighted by atomic mass is 16.3. The molecule has 318 valence electrons. The van der Waals surface area contributed by atoms with E-state index in [9.17, 15) is 0 Å². The zero-order chi connectivity index (χ0) is 44.8. The molecule has 11 aromatic carbocycles. The van der Waals surface area contributed by atoms with E-state index >= 15 is 0 Å². The molecule has 14 rings (SSSR count). The zero-order valence-electron chi connectivity index (χ0n) is 37.1. The molecule has 2 heterocycles. The van der Waals surface area contributed by atoms with Crippen LogP contribution in [0.3, 0.4) is 0 Å². The number of furan rings is 1. The molecule has 0 spiro atoms. The van der Waals surface area contributed by atoms with E-state index in [4.69, 9.17) is 4.42 Å². The summed E-state index contributed by atoms with van der Waals surface area (Å²) in [6, 6.07) is 93.0. The molecule has 0 radical (unpaired) electrons. The van der Waals surface area contributed by atoms with Crippen LogP contribution in [0.1, 0.15) is 22.3 Å². The predicted octanol–water partition coefficient (Wildman–Crippen LogP) is 17.3. The van der Waals surface area contributed by atoms with E-state index in [1.807, 2.05) is 0 Å². The fourth-order valence-corrected chi connectivity index (χ4v) is 11.5. The van der Waals surface area contributed by atoms with Gasteiger partial charge in [-0.05, 0) is 117 Å². The second kappa shape index (κ2) is 15.1. The van der Waals surface area contributed by atoms with Crippen LogP contribution in [0.4, 0.5) is 17.1 Å². The number of rotatable bonds is 7. The zero-order valence-corrected chi connectivity index (χ0v) is 37.1. The second-order valence-electron chi connectivity index (χ2n) is 18.0. The Bertz CT molecular complexity index is 3990. The molecule has 0 saturated carbocycles. The molecule has 0 atom stereocenters. The fraction of sp³-hybridized carbons (Fsp3) is 0.0154. The van der Waals surface area contributed by atoms with Crippen molar-refractivity contribution in [1.29, 1.82) is 0 Å². The topological polar surface area (TPSA) is 21.3 Å². The van der Waals surface area contributed by atoms with Crippen LogP contribution < -0.4 is 4.90 Å². The lowest BCUT2D eigenvalue weighted by molar-refractivity contribution is 0.672. The lowest BCUT2D eigenvalue weighted by Gasteiger charge is -2.35. The van der Waals surface area contributed by atoms with Gasteiger partial charge in [0.1, 0.15) is 11.2 Å². The van der Waals surface area contributed by atoms with Crippen molar-refractivity contribution in [2.45, 2.75) is 5.41 Å². The molecule has 0 bridgehead atoms. The van der Waals surface area contributed by atoms with Gasteiger partial charge in [0.05, 0.1) is 16.4 Å². The first-order valence-corrected chi connectivity index (χ1v) is 23.4. The first-order valence-electron chi connectivity index (χ1n) is 23.4.